The Morgan fingerprint density at radius 3 is 2.59 bits per heavy atom. The molecule has 2 aromatic carbocycles. The molecule has 0 aliphatic carbocycles. The molecule has 3 nitrogen and oxygen atoms in total. The van der Waals surface area contributed by atoms with Crippen LogP contribution in [-0.4, -0.2) is 6.61 Å². The number of hydrazine groups is 1. The lowest BCUT2D eigenvalue weighted by atomic mass is 10.2. The highest BCUT2D eigenvalue weighted by atomic mass is 19.2. The van der Waals surface area contributed by atoms with Gasteiger partial charge in [-0.25, -0.2) is 9.82 Å². The summed E-state index contributed by atoms with van der Waals surface area (Å²) in [5.41, 5.74) is 7.45. The molecule has 0 aliphatic heterocycles. The SMILES string of the molecule is CCCCOc1cc(CNNc2ccccc2)cc(F)c1F. The van der Waals surface area contributed by atoms with Crippen molar-refractivity contribution in [3.8, 4) is 5.75 Å². The fraction of sp³-hybridized carbons (Fsp3) is 0.294. The van der Waals surface area contributed by atoms with Crippen molar-refractivity contribution in [2.75, 3.05) is 12.0 Å². The van der Waals surface area contributed by atoms with Gasteiger partial charge in [0.25, 0.3) is 0 Å². The first-order chi connectivity index (χ1) is 10.7. The molecule has 0 fully saturated rings. The monoisotopic (exact) mass is 306 g/mol. The van der Waals surface area contributed by atoms with E-state index in [2.05, 4.69) is 10.9 Å². The molecule has 0 heterocycles. The zero-order valence-electron chi connectivity index (χ0n) is 12.5. The van der Waals surface area contributed by atoms with Crippen LogP contribution >= 0.6 is 0 Å². The van der Waals surface area contributed by atoms with Gasteiger partial charge in [-0.1, -0.05) is 31.5 Å². The van der Waals surface area contributed by atoms with Crippen LogP contribution in [0.1, 0.15) is 25.3 Å². The summed E-state index contributed by atoms with van der Waals surface area (Å²) in [7, 11) is 0. The summed E-state index contributed by atoms with van der Waals surface area (Å²) in [5, 5.41) is 0. The van der Waals surface area contributed by atoms with Crippen molar-refractivity contribution < 1.29 is 13.5 Å². The summed E-state index contributed by atoms with van der Waals surface area (Å²) in [6, 6.07) is 12.2. The van der Waals surface area contributed by atoms with Gasteiger partial charge in [-0.15, -0.1) is 0 Å². The van der Waals surface area contributed by atoms with Crippen molar-refractivity contribution in [2.45, 2.75) is 26.3 Å². The van der Waals surface area contributed by atoms with Crippen LogP contribution in [0.4, 0.5) is 14.5 Å². The Balaban J connectivity index is 1.95. The van der Waals surface area contributed by atoms with Crippen LogP contribution in [-0.2, 0) is 6.54 Å². The van der Waals surface area contributed by atoms with Gasteiger partial charge in [-0.05, 0) is 36.2 Å². The van der Waals surface area contributed by atoms with E-state index in [4.69, 9.17) is 4.74 Å². The number of ether oxygens (including phenoxy) is 1. The van der Waals surface area contributed by atoms with Crippen LogP contribution in [0.5, 0.6) is 5.75 Å². The van der Waals surface area contributed by atoms with E-state index in [0.717, 1.165) is 18.5 Å². The van der Waals surface area contributed by atoms with Crippen molar-refractivity contribution in [1.82, 2.24) is 5.43 Å². The fourth-order valence-corrected chi connectivity index (χ4v) is 1.92. The minimum absolute atomic E-state index is 0.0371. The third kappa shape index (κ3) is 4.70. The first-order valence-electron chi connectivity index (χ1n) is 7.35. The lowest BCUT2D eigenvalue weighted by molar-refractivity contribution is 0.288. The van der Waals surface area contributed by atoms with Crippen LogP contribution in [0.3, 0.4) is 0 Å². The Morgan fingerprint density at radius 1 is 1.09 bits per heavy atom. The Hall–Kier alpha value is -2.14. The largest absolute Gasteiger partial charge is 0.490 e. The topological polar surface area (TPSA) is 33.3 Å². The van der Waals surface area contributed by atoms with Crippen LogP contribution in [0.25, 0.3) is 0 Å². The lowest BCUT2D eigenvalue weighted by Crippen LogP contribution is -2.21. The Morgan fingerprint density at radius 2 is 1.86 bits per heavy atom. The minimum Gasteiger partial charge on any atom is -0.490 e. The molecule has 2 rings (SSSR count). The van der Waals surface area contributed by atoms with Gasteiger partial charge in [0.05, 0.1) is 6.61 Å². The molecule has 0 bridgehead atoms. The molecule has 0 saturated heterocycles. The minimum atomic E-state index is -0.934. The molecule has 0 atom stereocenters. The van der Waals surface area contributed by atoms with E-state index in [-0.39, 0.29) is 5.75 Å². The maximum Gasteiger partial charge on any atom is 0.200 e. The average Bonchev–Trinajstić information content (AvgIpc) is 2.53. The number of hydrogen-bond donors (Lipinski definition) is 2. The number of hydrogen-bond acceptors (Lipinski definition) is 3. The molecule has 0 unspecified atom stereocenters. The van der Waals surface area contributed by atoms with Gasteiger partial charge in [0.15, 0.2) is 11.6 Å². The summed E-state index contributed by atoms with van der Waals surface area (Å²) in [4.78, 5) is 0. The Bertz CT molecular complexity index is 591. The van der Waals surface area contributed by atoms with Gasteiger partial charge in [0.1, 0.15) is 0 Å². The van der Waals surface area contributed by atoms with Crippen LogP contribution < -0.4 is 15.6 Å². The molecule has 0 aromatic heterocycles. The van der Waals surface area contributed by atoms with E-state index in [0.29, 0.717) is 18.7 Å². The predicted octanol–water partition coefficient (Wildman–Crippen LogP) is 4.26. The van der Waals surface area contributed by atoms with Gasteiger partial charge in [-0.3, -0.25) is 0 Å². The van der Waals surface area contributed by atoms with Crippen molar-refractivity contribution in [3.05, 3.63) is 59.7 Å². The number of anilines is 1. The zero-order valence-corrected chi connectivity index (χ0v) is 12.5. The van der Waals surface area contributed by atoms with Crippen molar-refractivity contribution in [3.63, 3.8) is 0 Å². The zero-order chi connectivity index (χ0) is 15.8. The smallest absolute Gasteiger partial charge is 0.200 e. The fourth-order valence-electron chi connectivity index (χ4n) is 1.92. The van der Waals surface area contributed by atoms with Crippen molar-refractivity contribution in [2.24, 2.45) is 0 Å². The van der Waals surface area contributed by atoms with Gasteiger partial charge in [0, 0.05) is 12.2 Å². The van der Waals surface area contributed by atoms with Gasteiger partial charge < -0.3 is 10.2 Å². The maximum atomic E-state index is 13.7. The molecule has 0 saturated carbocycles. The summed E-state index contributed by atoms with van der Waals surface area (Å²) in [5.74, 6) is -1.87. The third-order valence-electron chi connectivity index (χ3n) is 3.11. The summed E-state index contributed by atoms with van der Waals surface area (Å²) in [6.07, 6.45) is 1.74. The van der Waals surface area contributed by atoms with Gasteiger partial charge >= 0.3 is 0 Å². The van der Waals surface area contributed by atoms with E-state index >= 15 is 0 Å². The first-order valence-corrected chi connectivity index (χ1v) is 7.35. The normalized spacial score (nSPS) is 10.5. The number of unbranched alkanes of at least 4 members (excludes halogenated alkanes) is 1. The number of halogens is 2. The molecular weight excluding hydrogens is 286 g/mol. The molecule has 118 valence electrons. The molecular formula is C17H20F2N2O. The molecule has 22 heavy (non-hydrogen) atoms. The second-order valence-corrected chi connectivity index (χ2v) is 4.94. The molecule has 2 N–H and O–H groups in total. The molecule has 0 aliphatic rings. The highest BCUT2D eigenvalue weighted by molar-refractivity contribution is 5.41. The molecule has 0 radical (unpaired) electrons. The molecule has 0 spiro atoms. The third-order valence-corrected chi connectivity index (χ3v) is 3.11. The highest BCUT2D eigenvalue weighted by Crippen LogP contribution is 2.22. The molecule has 5 heteroatoms. The number of benzene rings is 2. The second kappa shape index (κ2) is 8.34. The van der Waals surface area contributed by atoms with Crippen LogP contribution in [0.2, 0.25) is 0 Å². The number of para-hydroxylation sites is 1. The Kier molecular flexibility index (Phi) is 6.15. The van der Waals surface area contributed by atoms with E-state index in [1.165, 1.54) is 12.1 Å². The van der Waals surface area contributed by atoms with E-state index in [9.17, 15) is 8.78 Å². The van der Waals surface area contributed by atoms with E-state index in [1.54, 1.807) is 0 Å². The lowest BCUT2D eigenvalue weighted by Gasteiger charge is -2.11. The van der Waals surface area contributed by atoms with E-state index in [1.807, 2.05) is 37.3 Å². The van der Waals surface area contributed by atoms with Crippen molar-refractivity contribution in [1.29, 1.82) is 0 Å². The standard InChI is InChI=1S/C17H20F2N2O/c1-2-3-9-22-16-11-13(10-15(18)17(16)19)12-20-21-14-7-5-4-6-8-14/h4-8,10-11,20-21H,2-3,9,12H2,1H3. The summed E-state index contributed by atoms with van der Waals surface area (Å²) >= 11 is 0. The van der Waals surface area contributed by atoms with Crippen molar-refractivity contribution >= 4 is 5.69 Å². The summed E-state index contributed by atoms with van der Waals surface area (Å²) < 4.78 is 32.6. The Labute approximate surface area is 129 Å². The second-order valence-electron chi connectivity index (χ2n) is 4.94. The predicted molar refractivity (Wildman–Crippen MR) is 83.7 cm³/mol. The van der Waals surface area contributed by atoms with Crippen LogP contribution in [0.15, 0.2) is 42.5 Å². The quantitative estimate of drug-likeness (QED) is 0.565. The molecule has 0 amide bonds. The number of nitrogens with one attached hydrogen (secondary N) is 2. The van der Waals surface area contributed by atoms with Crippen LogP contribution in [0, 0.1) is 11.6 Å². The number of rotatable bonds is 8. The van der Waals surface area contributed by atoms with E-state index < -0.39 is 11.6 Å². The van der Waals surface area contributed by atoms with Gasteiger partial charge in [-0.2, -0.15) is 4.39 Å². The average molecular weight is 306 g/mol. The van der Waals surface area contributed by atoms with Gasteiger partial charge in [0.2, 0.25) is 5.82 Å². The maximum absolute atomic E-state index is 13.7. The molecule has 2 aromatic rings. The highest BCUT2D eigenvalue weighted by Gasteiger charge is 2.12. The first kappa shape index (κ1) is 16.2. The summed E-state index contributed by atoms with van der Waals surface area (Å²) in [6.45, 7) is 2.73.